The number of carbonyl (C=O) groups is 2. The van der Waals surface area contributed by atoms with Gasteiger partial charge in [0.25, 0.3) is 5.91 Å². The minimum Gasteiger partial charge on any atom is -0.351 e. The molecule has 2 amide bonds. The molecule has 2 heterocycles. The Labute approximate surface area is 172 Å². The Morgan fingerprint density at radius 3 is 2.79 bits per heavy atom. The van der Waals surface area contributed by atoms with E-state index in [1.54, 1.807) is 35.6 Å². The average Bonchev–Trinajstić information content (AvgIpc) is 3.34. The smallest absolute Gasteiger partial charge is 0.252 e. The maximum Gasteiger partial charge on any atom is 0.252 e. The number of carbonyl (C=O) groups excluding carboxylic acids is 2. The highest BCUT2D eigenvalue weighted by Gasteiger charge is 2.31. The van der Waals surface area contributed by atoms with E-state index in [-0.39, 0.29) is 30.8 Å². The van der Waals surface area contributed by atoms with Crippen LogP contribution in [-0.2, 0) is 4.79 Å². The van der Waals surface area contributed by atoms with Crippen LogP contribution in [0.25, 0.3) is 10.2 Å². The second-order valence-electron chi connectivity index (χ2n) is 6.75. The molecule has 7 heteroatoms. The predicted octanol–water partition coefficient (Wildman–Crippen LogP) is 4.43. The van der Waals surface area contributed by atoms with Crippen LogP contribution in [0.1, 0.15) is 40.7 Å². The standard InChI is InChI=1S/C21H20ClN3O2S/c22-15-7-2-1-6-14(15)20(27)23-12-11-19(26)25-13-5-9-17(25)21-24-16-8-3-4-10-18(16)28-21/h1-4,6-8,10,17H,5,9,11-13H2,(H,23,27). The van der Waals surface area contributed by atoms with Crippen LogP contribution in [0.4, 0.5) is 0 Å². The van der Waals surface area contributed by atoms with Gasteiger partial charge in [-0.25, -0.2) is 4.98 Å². The van der Waals surface area contributed by atoms with Gasteiger partial charge < -0.3 is 10.2 Å². The second-order valence-corrected chi connectivity index (χ2v) is 8.22. The summed E-state index contributed by atoms with van der Waals surface area (Å²) < 4.78 is 1.14. The number of nitrogens with one attached hydrogen (secondary N) is 1. The van der Waals surface area contributed by atoms with Crippen molar-refractivity contribution in [3.05, 3.63) is 64.1 Å². The summed E-state index contributed by atoms with van der Waals surface area (Å²) in [7, 11) is 0. The van der Waals surface area contributed by atoms with Crippen LogP contribution in [0.15, 0.2) is 48.5 Å². The number of likely N-dealkylation sites (tertiary alicyclic amines) is 1. The van der Waals surface area contributed by atoms with Gasteiger partial charge in [-0.1, -0.05) is 35.9 Å². The SMILES string of the molecule is O=C(NCCC(=O)N1CCCC1c1nc2ccccc2s1)c1ccccc1Cl. The molecular formula is C21H20ClN3O2S. The van der Waals surface area contributed by atoms with Crippen molar-refractivity contribution in [1.29, 1.82) is 0 Å². The minimum atomic E-state index is -0.262. The number of amides is 2. The first-order valence-electron chi connectivity index (χ1n) is 9.31. The fraction of sp³-hybridized carbons (Fsp3) is 0.286. The Kier molecular flexibility index (Phi) is 5.59. The molecule has 5 nitrogen and oxygen atoms in total. The number of rotatable bonds is 5. The number of hydrogen-bond donors (Lipinski definition) is 1. The normalized spacial score (nSPS) is 16.5. The summed E-state index contributed by atoms with van der Waals surface area (Å²) in [5.41, 5.74) is 1.40. The number of fused-ring (bicyclic) bond motifs is 1. The molecule has 1 fully saturated rings. The summed E-state index contributed by atoms with van der Waals surface area (Å²) in [6.07, 6.45) is 2.16. The van der Waals surface area contributed by atoms with Crippen LogP contribution in [0.5, 0.6) is 0 Å². The lowest BCUT2D eigenvalue weighted by molar-refractivity contribution is -0.132. The van der Waals surface area contributed by atoms with Crippen molar-refractivity contribution in [2.24, 2.45) is 0 Å². The molecule has 4 rings (SSSR count). The van der Waals surface area contributed by atoms with E-state index in [0.29, 0.717) is 10.6 Å². The summed E-state index contributed by atoms with van der Waals surface area (Å²) in [5, 5.41) is 4.18. The first-order valence-corrected chi connectivity index (χ1v) is 10.5. The van der Waals surface area contributed by atoms with E-state index in [1.807, 2.05) is 23.1 Å². The van der Waals surface area contributed by atoms with Crippen LogP contribution in [0.2, 0.25) is 5.02 Å². The number of halogens is 1. The third kappa shape index (κ3) is 3.88. The molecule has 1 unspecified atom stereocenters. The van der Waals surface area contributed by atoms with Crippen molar-refractivity contribution >= 4 is 45.0 Å². The second kappa shape index (κ2) is 8.29. The Morgan fingerprint density at radius 1 is 1.18 bits per heavy atom. The van der Waals surface area contributed by atoms with Gasteiger partial charge >= 0.3 is 0 Å². The number of hydrogen-bond acceptors (Lipinski definition) is 4. The summed E-state index contributed by atoms with van der Waals surface area (Å²) in [5.74, 6) is -0.219. The Morgan fingerprint density at radius 2 is 1.96 bits per heavy atom. The van der Waals surface area contributed by atoms with E-state index < -0.39 is 0 Å². The van der Waals surface area contributed by atoms with E-state index in [2.05, 4.69) is 11.4 Å². The van der Waals surface area contributed by atoms with Crippen molar-refractivity contribution < 1.29 is 9.59 Å². The average molecular weight is 414 g/mol. The maximum absolute atomic E-state index is 12.8. The zero-order valence-electron chi connectivity index (χ0n) is 15.2. The van der Waals surface area contributed by atoms with Gasteiger partial charge in [0, 0.05) is 19.5 Å². The van der Waals surface area contributed by atoms with Gasteiger partial charge in [-0.15, -0.1) is 11.3 Å². The molecule has 1 aliphatic heterocycles. The largest absolute Gasteiger partial charge is 0.351 e. The first kappa shape index (κ1) is 18.9. The van der Waals surface area contributed by atoms with Crippen molar-refractivity contribution in [1.82, 2.24) is 15.2 Å². The van der Waals surface area contributed by atoms with Crippen molar-refractivity contribution in [2.75, 3.05) is 13.1 Å². The van der Waals surface area contributed by atoms with Crippen LogP contribution >= 0.6 is 22.9 Å². The molecule has 1 N–H and O–H groups in total. The van der Waals surface area contributed by atoms with E-state index in [4.69, 9.17) is 16.6 Å². The van der Waals surface area contributed by atoms with Crippen molar-refractivity contribution in [3.63, 3.8) is 0 Å². The molecule has 0 bridgehead atoms. The Hall–Kier alpha value is -2.44. The molecule has 2 aromatic carbocycles. The molecule has 0 spiro atoms. The third-order valence-corrected chi connectivity index (χ3v) is 6.38. The molecule has 28 heavy (non-hydrogen) atoms. The molecule has 1 aromatic heterocycles. The highest BCUT2D eigenvalue weighted by atomic mass is 35.5. The summed E-state index contributed by atoms with van der Waals surface area (Å²) >= 11 is 7.70. The van der Waals surface area contributed by atoms with E-state index >= 15 is 0 Å². The lowest BCUT2D eigenvalue weighted by Gasteiger charge is -2.23. The number of para-hydroxylation sites is 1. The zero-order chi connectivity index (χ0) is 19.5. The third-order valence-electron chi connectivity index (χ3n) is 4.91. The fourth-order valence-electron chi connectivity index (χ4n) is 3.52. The number of thiazole rings is 1. The molecular weight excluding hydrogens is 394 g/mol. The van der Waals surface area contributed by atoms with Crippen LogP contribution in [0.3, 0.4) is 0 Å². The molecule has 0 aliphatic carbocycles. The predicted molar refractivity (Wildman–Crippen MR) is 112 cm³/mol. The molecule has 1 saturated heterocycles. The quantitative estimate of drug-likeness (QED) is 0.672. The Bertz CT molecular complexity index is 987. The van der Waals surface area contributed by atoms with Gasteiger partial charge in [0.1, 0.15) is 5.01 Å². The summed E-state index contributed by atoms with van der Waals surface area (Å²) in [4.78, 5) is 31.6. The van der Waals surface area contributed by atoms with Gasteiger partial charge in [-0.2, -0.15) is 0 Å². The number of aromatic nitrogens is 1. The summed E-state index contributed by atoms with van der Waals surface area (Å²) in [6, 6.07) is 15.0. The van der Waals surface area contributed by atoms with E-state index in [9.17, 15) is 9.59 Å². The molecule has 1 atom stereocenters. The van der Waals surface area contributed by atoms with Gasteiger partial charge in [-0.05, 0) is 37.1 Å². The molecule has 0 radical (unpaired) electrons. The van der Waals surface area contributed by atoms with Crippen LogP contribution in [0, 0.1) is 0 Å². The van der Waals surface area contributed by atoms with E-state index in [0.717, 1.165) is 34.6 Å². The zero-order valence-corrected chi connectivity index (χ0v) is 16.8. The molecule has 3 aromatic rings. The lowest BCUT2D eigenvalue weighted by Crippen LogP contribution is -2.34. The van der Waals surface area contributed by atoms with Crippen molar-refractivity contribution in [3.8, 4) is 0 Å². The van der Waals surface area contributed by atoms with Gasteiger partial charge in [-0.3, -0.25) is 9.59 Å². The van der Waals surface area contributed by atoms with Crippen LogP contribution in [-0.4, -0.2) is 34.8 Å². The van der Waals surface area contributed by atoms with Gasteiger partial charge in [0.15, 0.2) is 0 Å². The van der Waals surface area contributed by atoms with E-state index in [1.165, 1.54) is 0 Å². The summed E-state index contributed by atoms with van der Waals surface area (Å²) in [6.45, 7) is 1.02. The lowest BCUT2D eigenvalue weighted by atomic mass is 10.2. The molecule has 1 aliphatic rings. The fourth-order valence-corrected chi connectivity index (χ4v) is 4.86. The molecule has 0 saturated carbocycles. The first-order chi connectivity index (χ1) is 13.6. The van der Waals surface area contributed by atoms with Gasteiger partial charge in [0.2, 0.25) is 5.91 Å². The highest BCUT2D eigenvalue weighted by Crippen LogP contribution is 2.36. The van der Waals surface area contributed by atoms with Crippen molar-refractivity contribution in [2.45, 2.75) is 25.3 Å². The van der Waals surface area contributed by atoms with Crippen LogP contribution < -0.4 is 5.32 Å². The number of benzene rings is 2. The maximum atomic E-state index is 12.8. The number of nitrogens with zero attached hydrogens (tertiary/aromatic N) is 2. The molecule has 144 valence electrons. The van der Waals surface area contributed by atoms with Gasteiger partial charge in [0.05, 0.1) is 26.8 Å². The highest BCUT2D eigenvalue weighted by molar-refractivity contribution is 7.18. The Balaban J connectivity index is 1.37. The topological polar surface area (TPSA) is 62.3 Å². The minimum absolute atomic E-state index is 0.0316. The monoisotopic (exact) mass is 413 g/mol.